The molecule has 0 aromatic heterocycles. The molecule has 1 saturated heterocycles. The highest BCUT2D eigenvalue weighted by molar-refractivity contribution is 9.51. The standard InChI is InChI=1S/C4H8Br3Si2/c5-8-2-1-3-9(6,7)4-8/h1-4H2. The van der Waals surface area contributed by atoms with E-state index in [1.54, 1.807) is 0 Å². The van der Waals surface area contributed by atoms with E-state index in [0.29, 0.717) is 0 Å². The Morgan fingerprint density at radius 2 is 2.00 bits per heavy atom. The van der Waals surface area contributed by atoms with E-state index in [1.807, 2.05) is 0 Å². The predicted octanol–water partition coefficient (Wildman–Crippen LogP) is 3.55. The summed E-state index contributed by atoms with van der Waals surface area (Å²) in [5.74, 6) is 0. The fraction of sp³-hybridized carbons (Fsp3) is 1.00. The molecule has 0 bridgehead atoms. The van der Waals surface area contributed by atoms with Gasteiger partial charge in [0.05, 0.1) is 0 Å². The van der Waals surface area contributed by atoms with Crippen LogP contribution in [0.25, 0.3) is 0 Å². The van der Waals surface area contributed by atoms with E-state index in [9.17, 15) is 0 Å². The van der Waals surface area contributed by atoms with Crippen molar-refractivity contribution in [3.05, 3.63) is 0 Å². The molecule has 9 heavy (non-hydrogen) atoms. The first kappa shape index (κ1) is 8.97. The van der Waals surface area contributed by atoms with Crippen LogP contribution in [0.3, 0.4) is 0 Å². The molecule has 0 aromatic rings. The fourth-order valence-corrected chi connectivity index (χ4v) is 26.0. The van der Waals surface area contributed by atoms with Crippen molar-refractivity contribution in [1.29, 1.82) is 0 Å². The maximum Gasteiger partial charge on any atom is 0.199 e. The summed E-state index contributed by atoms with van der Waals surface area (Å²) in [6.07, 6.45) is 1.42. The first-order chi connectivity index (χ1) is 4.10. The molecule has 0 unspecified atom stereocenters. The Morgan fingerprint density at radius 1 is 1.33 bits per heavy atom. The van der Waals surface area contributed by atoms with E-state index in [-0.39, 0.29) is 7.42 Å². The van der Waals surface area contributed by atoms with Gasteiger partial charge in [0.25, 0.3) is 0 Å². The largest absolute Gasteiger partial charge is 0.199 e. The molecule has 5 heteroatoms. The van der Waals surface area contributed by atoms with Crippen LogP contribution in [0.5, 0.6) is 0 Å². The monoisotopic (exact) mass is 349 g/mol. The van der Waals surface area contributed by atoms with Crippen LogP contribution in [0.2, 0.25) is 17.8 Å². The highest BCUT2D eigenvalue weighted by atomic mass is 79.9. The molecule has 0 aromatic carbocycles. The van der Waals surface area contributed by atoms with E-state index >= 15 is 0 Å². The van der Waals surface area contributed by atoms with Gasteiger partial charge in [-0.1, -0.05) is 6.42 Å². The summed E-state index contributed by atoms with van der Waals surface area (Å²) in [5, 5.41) is -1.03. The van der Waals surface area contributed by atoms with Crippen molar-refractivity contribution in [1.82, 2.24) is 0 Å². The van der Waals surface area contributed by atoms with Crippen LogP contribution in [-0.4, -0.2) is 12.7 Å². The van der Waals surface area contributed by atoms with Crippen LogP contribution in [0.15, 0.2) is 0 Å². The van der Waals surface area contributed by atoms with Crippen molar-refractivity contribution in [2.75, 3.05) is 0 Å². The topological polar surface area (TPSA) is 0 Å². The maximum absolute atomic E-state index is 3.78. The molecule has 0 N–H and O–H groups in total. The van der Waals surface area contributed by atoms with E-state index < -0.39 is 5.31 Å². The second kappa shape index (κ2) is 3.51. The third-order valence-electron chi connectivity index (χ3n) is 1.44. The molecule has 0 aliphatic carbocycles. The SMILES string of the molecule is Br[Si]1CCC[Si](Br)(Br)C1. The van der Waals surface area contributed by atoms with E-state index in [1.165, 1.54) is 24.2 Å². The number of hydrogen-bond acceptors (Lipinski definition) is 0. The molecular weight excluding hydrogens is 344 g/mol. The van der Waals surface area contributed by atoms with Gasteiger partial charge in [-0.2, -0.15) is 0 Å². The maximum atomic E-state index is 3.78. The Labute approximate surface area is 82.1 Å². The van der Waals surface area contributed by atoms with Crippen molar-refractivity contribution in [3.8, 4) is 0 Å². The molecule has 0 spiro atoms. The van der Waals surface area contributed by atoms with Gasteiger partial charge in [0, 0.05) is 0 Å². The normalized spacial score (nSPS) is 28.3. The smallest absolute Gasteiger partial charge is 0.129 e. The first-order valence-electron chi connectivity index (χ1n) is 2.98. The van der Waals surface area contributed by atoms with Gasteiger partial charge < -0.3 is 0 Å². The minimum absolute atomic E-state index is 0.119. The summed E-state index contributed by atoms with van der Waals surface area (Å²) in [6, 6.07) is 2.86. The molecule has 1 heterocycles. The van der Waals surface area contributed by atoms with Gasteiger partial charge in [-0.15, -0.1) is 45.9 Å². The molecule has 0 amide bonds. The van der Waals surface area contributed by atoms with Crippen LogP contribution in [-0.2, 0) is 0 Å². The zero-order chi connectivity index (χ0) is 6.91. The molecule has 1 rings (SSSR count). The van der Waals surface area contributed by atoms with E-state index in [0.717, 1.165) is 0 Å². The summed E-state index contributed by atoms with van der Waals surface area (Å²) in [5.41, 5.74) is 1.43. The van der Waals surface area contributed by atoms with Crippen molar-refractivity contribution < 1.29 is 0 Å². The molecule has 0 atom stereocenters. The van der Waals surface area contributed by atoms with Gasteiger partial charge in [0.2, 0.25) is 0 Å². The zero-order valence-corrected chi connectivity index (χ0v) is 11.7. The van der Waals surface area contributed by atoms with Crippen molar-refractivity contribution >= 4 is 58.6 Å². The van der Waals surface area contributed by atoms with E-state index in [4.69, 9.17) is 0 Å². The predicted molar refractivity (Wildman–Crippen MR) is 57.3 cm³/mol. The summed E-state index contributed by atoms with van der Waals surface area (Å²) in [7, 11) is -0.119. The summed E-state index contributed by atoms with van der Waals surface area (Å²) < 4.78 is 0. The molecule has 0 saturated carbocycles. The van der Waals surface area contributed by atoms with Crippen LogP contribution >= 0.6 is 45.9 Å². The van der Waals surface area contributed by atoms with Gasteiger partial charge in [-0.25, -0.2) is 0 Å². The second-order valence-electron chi connectivity index (χ2n) is 2.40. The quantitative estimate of drug-likeness (QED) is 0.462. The van der Waals surface area contributed by atoms with Gasteiger partial charge in [0.1, 0.15) is 7.42 Å². The van der Waals surface area contributed by atoms with Crippen LogP contribution in [0.1, 0.15) is 6.42 Å². The van der Waals surface area contributed by atoms with E-state index in [2.05, 4.69) is 45.9 Å². The average Bonchev–Trinajstić information content (AvgIpc) is 1.60. The van der Waals surface area contributed by atoms with Gasteiger partial charge in [0.15, 0.2) is 5.31 Å². The number of hydrogen-bond donors (Lipinski definition) is 0. The van der Waals surface area contributed by atoms with Crippen molar-refractivity contribution in [3.63, 3.8) is 0 Å². The van der Waals surface area contributed by atoms with Gasteiger partial charge >= 0.3 is 0 Å². The minimum atomic E-state index is -1.03. The lowest BCUT2D eigenvalue weighted by Crippen LogP contribution is -2.28. The Morgan fingerprint density at radius 3 is 2.33 bits per heavy atom. The second-order valence-corrected chi connectivity index (χ2v) is 23.2. The van der Waals surface area contributed by atoms with Crippen molar-refractivity contribution in [2.45, 2.75) is 24.2 Å². The molecular formula is C4H8Br3Si2. The molecule has 0 nitrogen and oxygen atoms in total. The van der Waals surface area contributed by atoms with Crippen molar-refractivity contribution in [2.24, 2.45) is 0 Å². The lowest BCUT2D eigenvalue weighted by molar-refractivity contribution is 1.03. The van der Waals surface area contributed by atoms with Gasteiger partial charge in [-0.05, 0) is 17.8 Å². The summed E-state index contributed by atoms with van der Waals surface area (Å²) in [4.78, 5) is 0. The lowest BCUT2D eigenvalue weighted by atomic mass is 10.6. The molecule has 1 fully saturated rings. The number of rotatable bonds is 0. The minimum Gasteiger partial charge on any atom is -0.129 e. The highest BCUT2D eigenvalue weighted by Gasteiger charge is 2.33. The third kappa shape index (κ3) is 3.18. The van der Waals surface area contributed by atoms with Gasteiger partial charge in [-0.3, -0.25) is 0 Å². The molecule has 1 radical (unpaired) electrons. The molecule has 1 aliphatic rings. The Kier molecular flexibility index (Phi) is 3.50. The Hall–Kier alpha value is 1.87. The zero-order valence-electron chi connectivity index (χ0n) is 4.96. The Balaban J connectivity index is 2.41. The summed E-state index contributed by atoms with van der Waals surface area (Å²) in [6.45, 7) is 0. The summed E-state index contributed by atoms with van der Waals surface area (Å²) >= 11 is 11.3. The molecule has 53 valence electrons. The number of halogens is 3. The molecule has 1 aliphatic heterocycles. The Bertz CT molecular complexity index is 106. The first-order valence-corrected chi connectivity index (χ1v) is 14.1. The average molecular weight is 352 g/mol. The lowest BCUT2D eigenvalue weighted by Gasteiger charge is -2.25. The highest BCUT2D eigenvalue weighted by Crippen LogP contribution is 2.39. The van der Waals surface area contributed by atoms with Crippen LogP contribution in [0.4, 0.5) is 0 Å². The fourth-order valence-electron chi connectivity index (χ4n) is 0.996. The third-order valence-corrected chi connectivity index (χ3v) is 18.2. The van der Waals surface area contributed by atoms with Crippen LogP contribution in [0, 0.1) is 0 Å². The van der Waals surface area contributed by atoms with Crippen LogP contribution < -0.4 is 0 Å².